The topological polar surface area (TPSA) is 81.5 Å². The fraction of sp³-hybridized carbons (Fsp3) is 0. The van der Waals surface area contributed by atoms with Crippen molar-refractivity contribution < 1.29 is 0 Å². The van der Waals surface area contributed by atoms with Crippen molar-refractivity contribution in [1.29, 1.82) is 0 Å². The Labute approximate surface area is 102 Å². The minimum Gasteiger partial charge on any atom is -0.399 e. The van der Waals surface area contributed by atoms with E-state index in [0.29, 0.717) is 0 Å². The van der Waals surface area contributed by atoms with Crippen molar-refractivity contribution in [3.05, 3.63) is 36.4 Å². The summed E-state index contributed by atoms with van der Waals surface area (Å²) in [6.45, 7) is 0. The van der Waals surface area contributed by atoms with E-state index in [1.165, 1.54) is 0 Å². The summed E-state index contributed by atoms with van der Waals surface area (Å²) in [6.07, 6.45) is 0. The molecule has 1 aromatic heterocycles. The maximum atomic E-state index is 5.67. The predicted molar refractivity (Wildman–Crippen MR) is 67.5 cm³/mol. The molecule has 0 aliphatic carbocycles. The molecule has 0 fully saturated rings. The van der Waals surface area contributed by atoms with Crippen LogP contribution in [0.5, 0.6) is 0 Å². The molecule has 0 atom stereocenters. The Morgan fingerprint density at radius 3 is 2.50 bits per heavy atom. The number of anilines is 1. The third-order valence-corrected chi connectivity index (χ3v) is 2.97. The van der Waals surface area contributed by atoms with E-state index in [2.05, 4.69) is 20.5 Å². The van der Waals surface area contributed by atoms with Gasteiger partial charge in [-0.2, -0.15) is 0 Å². The molecule has 3 aromatic rings. The van der Waals surface area contributed by atoms with E-state index in [-0.39, 0.29) is 0 Å². The van der Waals surface area contributed by atoms with Crippen molar-refractivity contribution in [1.82, 2.24) is 15.0 Å². The zero-order valence-electron chi connectivity index (χ0n) is 9.28. The fourth-order valence-corrected chi connectivity index (χ4v) is 2.01. The number of nitrogens with two attached hydrogens (primary N) is 1. The molecule has 6 heteroatoms. The van der Waals surface area contributed by atoms with Crippen molar-refractivity contribution in [3.63, 3.8) is 0 Å². The van der Waals surface area contributed by atoms with Gasteiger partial charge in [0.15, 0.2) is 0 Å². The van der Waals surface area contributed by atoms with E-state index in [1.807, 2.05) is 36.4 Å². The molecule has 0 saturated carbocycles. The van der Waals surface area contributed by atoms with Crippen LogP contribution in [0.25, 0.3) is 16.7 Å². The zero-order valence-corrected chi connectivity index (χ0v) is 9.28. The van der Waals surface area contributed by atoms with Gasteiger partial charge < -0.3 is 5.73 Å². The van der Waals surface area contributed by atoms with Crippen molar-refractivity contribution in [3.8, 4) is 5.69 Å². The highest BCUT2D eigenvalue weighted by atomic mass is 15.4. The first-order valence-corrected chi connectivity index (χ1v) is 5.49. The normalized spacial score (nSPS) is 12.4. The minimum absolute atomic E-state index is 0.723. The second-order valence-corrected chi connectivity index (χ2v) is 4.09. The van der Waals surface area contributed by atoms with E-state index < -0.39 is 0 Å². The molecule has 6 nitrogen and oxygen atoms in total. The van der Waals surface area contributed by atoms with Crippen molar-refractivity contribution >= 4 is 28.1 Å². The van der Waals surface area contributed by atoms with E-state index in [0.717, 1.165) is 33.8 Å². The number of fused-ring (bicyclic) bond motifs is 3. The van der Waals surface area contributed by atoms with Crippen LogP contribution in [0.4, 0.5) is 17.1 Å². The lowest BCUT2D eigenvalue weighted by molar-refractivity contribution is 0.824. The molecular formula is C12H8N6. The second-order valence-electron chi connectivity index (χ2n) is 4.09. The van der Waals surface area contributed by atoms with Gasteiger partial charge in [0.05, 0.1) is 11.2 Å². The van der Waals surface area contributed by atoms with Gasteiger partial charge in [-0.3, -0.25) is 0 Å². The third-order valence-electron chi connectivity index (χ3n) is 2.97. The Kier molecular flexibility index (Phi) is 1.62. The van der Waals surface area contributed by atoms with Gasteiger partial charge in [0, 0.05) is 5.69 Å². The van der Waals surface area contributed by atoms with Crippen LogP contribution in [-0.4, -0.2) is 15.0 Å². The number of nitrogens with zero attached hydrogens (tertiary/aromatic N) is 5. The molecule has 86 valence electrons. The largest absolute Gasteiger partial charge is 0.399 e. The maximum Gasteiger partial charge on any atom is 0.143 e. The molecule has 2 heterocycles. The Bertz CT molecular complexity index is 784. The highest BCUT2D eigenvalue weighted by molar-refractivity contribution is 5.95. The average molecular weight is 236 g/mol. The monoisotopic (exact) mass is 236 g/mol. The molecular weight excluding hydrogens is 228 g/mol. The summed E-state index contributed by atoms with van der Waals surface area (Å²) in [4.78, 5) is 0. The highest BCUT2D eigenvalue weighted by Gasteiger charge is 2.18. The third kappa shape index (κ3) is 1.11. The van der Waals surface area contributed by atoms with Gasteiger partial charge in [-0.25, -0.2) is 4.68 Å². The fourth-order valence-electron chi connectivity index (χ4n) is 2.01. The van der Waals surface area contributed by atoms with Crippen LogP contribution in [0, 0.1) is 0 Å². The van der Waals surface area contributed by atoms with Gasteiger partial charge in [-0.15, -0.1) is 15.3 Å². The van der Waals surface area contributed by atoms with Gasteiger partial charge >= 0.3 is 0 Å². The molecule has 2 N–H and O–H groups in total. The lowest BCUT2D eigenvalue weighted by Gasteiger charge is -2.07. The van der Waals surface area contributed by atoms with E-state index in [4.69, 9.17) is 5.73 Å². The number of hydrogen-bond donors (Lipinski definition) is 1. The molecule has 2 aromatic carbocycles. The molecule has 0 amide bonds. The summed E-state index contributed by atoms with van der Waals surface area (Å²) in [6, 6.07) is 11.4. The van der Waals surface area contributed by atoms with Crippen LogP contribution in [0.1, 0.15) is 0 Å². The first-order chi connectivity index (χ1) is 8.83. The molecule has 18 heavy (non-hydrogen) atoms. The summed E-state index contributed by atoms with van der Waals surface area (Å²) in [5.74, 6) is 0. The predicted octanol–water partition coefficient (Wildman–Crippen LogP) is 2.73. The molecule has 0 radical (unpaired) electrons. The molecule has 1 aliphatic heterocycles. The second kappa shape index (κ2) is 3.13. The van der Waals surface area contributed by atoms with Gasteiger partial charge in [-0.1, -0.05) is 5.21 Å². The summed E-state index contributed by atoms with van der Waals surface area (Å²) < 4.78 is 1.77. The quantitative estimate of drug-likeness (QED) is 0.516. The smallest absolute Gasteiger partial charge is 0.143 e. The summed E-state index contributed by atoms with van der Waals surface area (Å²) in [7, 11) is 0. The number of rotatable bonds is 1. The molecule has 1 aliphatic rings. The first-order valence-electron chi connectivity index (χ1n) is 5.49. The van der Waals surface area contributed by atoms with Gasteiger partial charge in [0.25, 0.3) is 0 Å². The Hall–Kier alpha value is -2.76. The number of hydrogen-bond acceptors (Lipinski definition) is 5. The summed E-state index contributed by atoms with van der Waals surface area (Å²) in [5.41, 5.74) is 10.7. The van der Waals surface area contributed by atoms with Crippen molar-refractivity contribution in [2.24, 2.45) is 10.2 Å². The molecule has 0 saturated heterocycles. The van der Waals surface area contributed by atoms with Crippen molar-refractivity contribution in [2.45, 2.75) is 0 Å². The highest BCUT2D eigenvalue weighted by Crippen LogP contribution is 2.42. The Morgan fingerprint density at radius 2 is 1.78 bits per heavy atom. The van der Waals surface area contributed by atoms with Crippen molar-refractivity contribution in [2.75, 3.05) is 5.73 Å². The number of azo groups is 1. The lowest BCUT2D eigenvalue weighted by Crippen LogP contribution is -1.96. The molecule has 0 bridgehead atoms. The minimum atomic E-state index is 0.723. The SMILES string of the molecule is Nc1ccc(-n2nnc3c4c(ccc32)N=N4)cc1. The van der Waals surface area contributed by atoms with E-state index in [1.54, 1.807) is 4.68 Å². The number of benzene rings is 2. The number of aromatic nitrogens is 3. The van der Waals surface area contributed by atoms with Crippen LogP contribution < -0.4 is 5.73 Å². The van der Waals surface area contributed by atoms with Crippen LogP contribution in [0.3, 0.4) is 0 Å². The molecule has 0 spiro atoms. The van der Waals surface area contributed by atoms with E-state index in [9.17, 15) is 0 Å². The van der Waals surface area contributed by atoms with E-state index >= 15 is 0 Å². The van der Waals surface area contributed by atoms with Gasteiger partial charge in [-0.05, 0) is 36.4 Å². The van der Waals surface area contributed by atoms with Crippen LogP contribution in [0.2, 0.25) is 0 Å². The summed E-state index contributed by atoms with van der Waals surface area (Å²) >= 11 is 0. The Morgan fingerprint density at radius 1 is 0.944 bits per heavy atom. The van der Waals surface area contributed by atoms with Crippen LogP contribution in [-0.2, 0) is 0 Å². The number of nitrogen functional groups attached to an aromatic ring is 1. The molecule has 0 unspecified atom stereocenters. The standard InChI is InChI=1S/C12H8N6/c13-7-1-3-8(4-2-7)18-10-6-5-9-11(15-14-9)12(10)16-17-18/h1-6H,13H2. The Balaban J connectivity index is 1.97. The van der Waals surface area contributed by atoms with Gasteiger partial charge in [0.2, 0.25) is 0 Å². The first kappa shape index (κ1) is 9.29. The molecule has 4 rings (SSSR count). The van der Waals surface area contributed by atoms with Crippen LogP contribution >= 0.6 is 0 Å². The lowest BCUT2D eigenvalue weighted by atomic mass is 10.2. The van der Waals surface area contributed by atoms with Gasteiger partial charge in [0.1, 0.15) is 16.9 Å². The van der Waals surface area contributed by atoms with Crippen LogP contribution in [0.15, 0.2) is 46.6 Å². The summed E-state index contributed by atoms with van der Waals surface area (Å²) in [5, 5.41) is 16.2. The maximum absolute atomic E-state index is 5.67. The zero-order chi connectivity index (χ0) is 12.1. The average Bonchev–Trinajstić information content (AvgIpc) is 2.73.